The van der Waals surface area contributed by atoms with Gasteiger partial charge >= 0.3 is 0 Å². The quantitative estimate of drug-likeness (QED) is 0.661. The van der Waals surface area contributed by atoms with Gasteiger partial charge in [-0.05, 0) is 23.8 Å². The van der Waals surface area contributed by atoms with E-state index >= 15 is 0 Å². The molecule has 144 valence electrons. The van der Waals surface area contributed by atoms with Gasteiger partial charge in [-0.25, -0.2) is 9.97 Å². The van der Waals surface area contributed by atoms with E-state index < -0.39 is 0 Å². The SMILES string of the molecule is O=C(CN1CCN(c2ncnc3ccc(Br)cc23)CC1)NCc1ccccc1. The highest BCUT2D eigenvalue weighted by atomic mass is 79.9. The molecule has 28 heavy (non-hydrogen) atoms. The van der Waals surface area contributed by atoms with E-state index in [4.69, 9.17) is 0 Å². The van der Waals surface area contributed by atoms with E-state index in [-0.39, 0.29) is 5.91 Å². The molecule has 1 aliphatic heterocycles. The Balaban J connectivity index is 1.32. The van der Waals surface area contributed by atoms with E-state index in [1.807, 2.05) is 42.5 Å². The van der Waals surface area contributed by atoms with Crippen molar-refractivity contribution < 1.29 is 4.79 Å². The van der Waals surface area contributed by atoms with Gasteiger partial charge in [-0.2, -0.15) is 0 Å². The van der Waals surface area contributed by atoms with Crippen LogP contribution in [0.5, 0.6) is 0 Å². The lowest BCUT2D eigenvalue weighted by Gasteiger charge is -2.35. The average molecular weight is 440 g/mol. The Morgan fingerprint density at radius 2 is 1.82 bits per heavy atom. The first-order valence-electron chi connectivity index (χ1n) is 9.37. The Labute approximate surface area is 172 Å². The zero-order valence-corrected chi connectivity index (χ0v) is 17.1. The highest BCUT2D eigenvalue weighted by Crippen LogP contribution is 2.26. The summed E-state index contributed by atoms with van der Waals surface area (Å²) in [5.74, 6) is 1.02. The minimum absolute atomic E-state index is 0.0636. The van der Waals surface area contributed by atoms with Crippen molar-refractivity contribution in [2.75, 3.05) is 37.6 Å². The molecule has 0 bridgehead atoms. The smallest absolute Gasteiger partial charge is 0.234 e. The van der Waals surface area contributed by atoms with Gasteiger partial charge in [0.15, 0.2) is 0 Å². The maximum atomic E-state index is 12.3. The molecule has 4 rings (SSSR count). The van der Waals surface area contributed by atoms with Gasteiger partial charge in [-0.1, -0.05) is 46.3 Å². The van der Waals surface area contributed by atoms with Gasteiger partial charge < -0.3 is 10.2 Å². The average Bonchev–Trinajstić information content (AvgIpc) is 2.73. The molecule has 7 heteroatoms. The number of hydrogen-bond acceptors (Lipinski definition) is 5. The van der Waals surface area contributed by atoms with Gasteiger partial charge in [0.2, 0.25) is 5.91 Å². The van der Waals surface area contributed by atoms with E-state index in [0.29, 0.717) is 13.1 Å². The Morgan fingerprint density at radius 3 is 2.61 bits per heavy atom. The Morgan fingerprint density at radius 1 is 1.04 bits per heavy atom. The highest BCUT2D eigenvalue weighted by Gasteiger charge is 2.21. The van der Waals surface area contributed by atoms with Crippen LogP contribution in [0.15, 0.2) is 59.3 Å². The van der Waals surface area contributed by atoms with Crippen LogP contribution in [0.2, 0.25) is 0 Å². The predicted octanol–water partition coefficient (Wildman–Crippen LogP) is 2.83. The molecule has 2 aromatic carbocycles. The first-order valence-corrected chi connectivity index (χ1v) is 10.2. The summed E-state index contributed by atoms with van der Waals surface area (Å²) in [4.78, 5) is 25.6. The van der Waals surface area contributed by atoms with Crippen LogP contribution in [0.3, 0.4) is 0 Å². The molecule has 3 aromatic rings. The van der Waals surface area contributed by atoms with Crippen molar-refractivity contribution in [3.8, 4) is 0 Å². The van der Waals surface area contributed by atoms with Crippen molar-refractivity contribution in [1.29, 1.82) is 0 Å². The van der Waals surface area contributed by atoms with Crippen molar-refractivity contribution in [2.45, 2.75) is 6.54 Å². The molecular weight excluding hydrogens is 418 g/mol. The lowest BCUT2D eigenvalue weighted by atomic mass is 10.2. The fourth-order valence-electron chi connectivity index (χ4n) is 3.44. The van der Waals surface area contributed by atoms with Gasteiger partial charge in [0, 0.05) is 42.6 Å². The second-order valence-corrected chi connectivity index (χ2v) is 7.80. The first kappa shape index (κ1) is 18.8. The molecule has 2 heterocycles. The predicted molar refractivity (Wildman–Crippen MR) is 114 cm³/mol. The summed E-state index contributed by atoms with van der Waals surface area (Å²) >= 11 is 3.53. The van der Waals surface area contributed by atoms with Gasteiger partial charge in [-0.15, -0.1) is 0 Å². The molecule has 0 radical (unpaired) electrons. The monoisotopic (exact) mass is 439 g/mol. The van der Waals surface area contributed by atoms with Crippen molar-refractivity contribution >= 4 is 38.6 Å². The number of aromatic nitrogens is 2. The van der Waals surface area contributed by atoms with Crippen LogP contribution < -0.4 is 10.2 Å². The van der Waals surface area contributed by atoms with Crippen LogP contribution in [0.1, 0.15) is 5.56 Å². The molecule has 1 fully saturated rings. The van der Waals surface area contributed by atoms with Crippen molar-refractivity contribution in [3.63, 3.8) is 0 Å². The lowest BCUT2D eigenvalue weighted by molar-refractivity contribution is -0.122. The highest BCUT2D eigenvalue weighted by molar-refractivity contribution is 9.10. The first-order chi connectivity index (χ1) is 13.7. The minimum Gasteiger partial charge on any atom is -0.353 e. The van der Waals surface area contributed by atoms with Crippen molar-refractivity contribution in [1.82, 2.24) is 20.2 Å². The number of hydrogen-bond donors (Lipinski definition) is 1. The summed E-state index contributed by atoms with van der Waals surface area (Å²) in [5.41, 5.74) is 2.05. The van der Waals surface area contributed by atoms with E-state index in [2.05, 4.69) is 47.1 Å². The second kappa shape index (κ2) is 8.67. The zero-order chi connectivity index (χ0) is 19.3. The number of rotatable bonds is 5. The summed E-state index contributed by atoms with van der Waals surface area (Å²) in [6.45, 7) is 4.34. The van der Waals surface area contributed by atoms with Crippen molar-refractivity contribution in [2.24, 2.45) is 0 Å². The van der Waals surface area contributed by atoms with Gasteiger partial charge in [-0.3, -0.25) is 9.69 Å². The van der Waals surface area contributed by atoms with Crippen LogP contribution in [0.25, 0.3) is 10.9 Å². The summed E-state index contributed by atoms with van der Waals surface area (Å²) in [6, 6.07) is 16.0. The summed E-state index contributed by atoms with van der Waals surface area (Å²) in [6.07, 6.45) is 1.62. The number of benzene rings is 2. The normalized spacial score (nSPS) is 15.0. The number of piperazine rings is 1. The Bertz CT molecular complexity index is 957. The fourth-order valence-corrected chi connectivity index (χ4v) is 3.80. The molecular formula is C21H22BrN5O. The molecule has 0 atom stereocenters. The van der Waals surface area contributed by atoms with Crippen molar-refractivity contribution in [3.05, 3.63) is 64.9 Å². The van der Waals surface area contributed by atoms with Crippen LogP contribution in [0.4, 0.5) is 5.82 Å². The molecule has 6 nitrogen and oxygen atoms in total. The molecule has 1 aromatic heterocycles. The Kier molecular flexibility index (Phi) is 5.83. The molecule has 0 spiro atoms. The number of amides is 1. The van der Waals surface area contributed by atoms with E-state index in [1.165, 1.54) is 0 Å². The summed E-state index contributed by atoms with van der Waals surface area (Å²) < 4.78 is 1.02. The van der Waals surface area contributed by atoms with Crippen LogP contribution in [-0.2, 0) is 11.3 Å². The number of nitrogens with zero attached hydrogens (tertiary/aromatic N) is 4. The molecule has 1 N–H and O–H groups in total. The molecule has 0 unspecified atom stereocenters. The second-order valence-electron chi connectivity index (χ2n) is 6.88. The molecule has 0 aliphatic carbocycles. The third kappa shape index (κ3) is 4.48. The van der Waals surface area contributed by atoms with E-state index in [1.54, 1.807) is 6.33 Å². The number of carbonyl (C=O) groups is 1. The molecule has 0 saturated carbocycles. The number of fused-ring (bicyclic) bond motifs is 1. The third-order valence-corrected chi connectivity index (χ3v) is 5.44. The zero-order valence-electron chi connectivity index (χ0n) is 15.5. The topological polar surface area (TPSA) is 61.4 Å². The van der Waals surface area contributed by atoms with E-state index in [9.17, 15) is 4.79 Å². The number of carbonyl (C=O) groups excluding carboxylic acids is 1. The summed E-state index contributed by atoms with van der Waals surface area (Å²) in [7, 11) is 0. The number of anilines is 1. The Hall–Kier alpha value is -2.51. The van der Waals surface area contributed by atoms with Crippen LogP contribution in [-0.4, -0.2) is 53.5 Å². The van der Waals surface area contributed by atoms with Crippen LogP contribution >= 0.6 is 15.9 Å². The lowest BCUT2D eigenvalue weighted by Crippen LogP contribution is -2.49. The molecule has 1 aliphatic rings. The van der Waals surface area contributed by atoms with Gasteiger partial charge in [0.1, 0.15) is 12.1 Å². The summed E-state index contributed by atoms with van der Waals surface area (Å²) in [5, 5.41) is 4.05. The maximum absolute atomic E-state index is 12.3. The molecule has 1 amide bonds. The number of nitrogens with one attached hydrogen (secondary N) is 1. The largest absolute Gasteiger partial charge is 0.353 e. The third-order valence-electron chi connectivity index (χ3n) is 4.95. The molecule has 1 saturated heterocycles. The standard InChI is InChI=1S/C21H22BrN5O/c22-17-6-7-19-18(12-17)21(25-15-24-19)27-10-8-26(9-11-27)14-20(28)23-13-16-4-2-1-3-5-16/h1-7,12,15H,8-11,13-14H2,(H,23,28). The van der Waals surface area contributed by atoms with Crippen LogP contribution in [0, 0.1) is 0 Å². The van der Waals surface area contributed by atoms with Gasteiger partial charge in [0.25, 0.3) is 0 Å². The fraction of sp³-hybridized carbons (Fsp3) is 0.286. The van der Waals surface area contributed by atoms with E-state index in [0.717, 1.165) is 52.9 Å². The van der Waals surface area contributed by atoms with Gasteiger partial charge in [0.05, 0.1) is 12.1 Å². The number of halogens is 1. The maximum Gasteiger partial charge on any atom is 0.234 e. The minimum atomic E-state index is 0.0636.